The predicted molar refractivity (Wildman–Crippen MR) is 123 cm³/mol. The Morgan fingerprint density at radius 2 is 1.85 bits per heavy atom. The Bertz CT molecular complexity index is 1470. The highest BCUT2D eigenvalue weighted by molar-refractivity contribution is 6.31. The third-order valence-corrected chi connectivity index (χ3v) is 5.87. The monoisotopic (exact) mass is 461 g/mol. The van der Waals surface area contributed by atoms with Gasteiger partial charge in [-0.15, -0.1) is 0 Å². The third-order valence-electron chi connectivity index (χ3n) is 5.63. The van der Waals surface area contributed by atoms with Crippen LogP contribution in [0, 0.1) is 12.7 Å². The summed E-state index contributed by atoms with van der Waals surface area (Å²) in [5, 5.41) is 11.9. The predicted octanol–water partition coefficient (Wildman–Crippen LogP) is 6.32. The fraction of sp³-hybridized carbons (Fsp3) is 0.0769. The zero-order valence-corrected chi connectivity index (χ0v) is 18.1. The van der Waals surface area contributed by atoms with Crippen molar-refractivity contribution in [2.75, 3.05) is 4.90 Å². The highest BCUT2D eigenvalue weighted by Crippen LogP contribution is 2.43. The Kier molecular flexibility index (Phi) is 5.02. The van der Waals surface area contributed by atoms with Crippen LogP contribution in [0.4, 0.5) is 10.1 Å². The molecule has 5 rings (SSSR count). The molecule has 1 aromatic heterocycles. The number of Topliss-reactive ketones (excluding diaryl/α,β-unsaturated/α-hetero) is 1. The van der Waals surface area contributed by atoms with Crippen molar-refractivity contribution >= 4 is 39.9 Å². The molecule has 1 N–H and O–H groups in total. The van der Waals surface area contributed by atoms with Crippen LogP contribution in [0.15, 0.2) is 88.5 Å². The Morgan fingerprint density at radius 3 is 2.61 bits per heavy atom. The fourth-order valence-electron chi connectivity index (χ4n) is 4.13. The molecule has 0 aliphatic carbocycles. The molecule has 7 heteroatoms. The summed E-state index contributed by atoms with van der Waals surface area (Å²) < 4.78 is 20.6. The second-order valence-corrected chi connectivity index (χ2v) is 8.26. The van der Waals surface area contributed by atoms with Crippen molar-refractivity contribution in [1.29, 1.82) is 0 Å². The molecular formula is C26H17ClFNO4. The molecule has 0 radical (unpaired) electrons. The van der Waals surface area contributed by atoms with E-state index >= 15 is 0 Å². The number of amides is 1. The van der Waals surface area contributed by atoms with Crippen LogP contribution in [-0.2, 0) is 4.79 Å². The average molecular weight is 462 g/mol. The van der Waals surface area contributed by atoms with Crippen molar-refractivity contribution < 1.29 is 23.5 Å². The standard InChI is InChI=1S/C26H17ClFNO4/c1-14-5-4-6-17(11-14)29-23(18-7-2-3-8-19(18)28)22(25(31)26(29)32)24(30)21-13-15-12-16(27)9-10-20(15)33-21/h2-13,23,31H,1H3. The lowest BCUT2D eigenvalue weighted by Crippen LogP contribution is -2.31. The molecule has 5 nitrogen and oxygen atoms in total. The second kappa shape index (κ2) is 7.90. The summed E-state index contributed by atoms with van der Waals surface area (Å²) in [5.74, 6) is -2.94. The summed E-state index contributed by atoms with van der Waals surface area (Å²) in [4.78, 5) is 28.0. The summed E-state index contributed by atoms with van der Waals surface area (Å²) in [7, 11) is 0. The first-order valence-electron chi connectivity index (χ1n) is 10.2. The summed E-state index contributed by atoms with van der Waals surface area (Å²) in [6.07, 6.45) is 0. The van der Waals surface area contributed by atoms with Crippen LogP contribution in [0.25, 0.3) is 11.0 Å². The van der Waals surface area contributed by atoms with E-state index in [1.54, 1.807) is 42.5 Å². The van der Waals surface area contributed by atoms with Crippen LogP contribution in [0.5, 0.6) is 0 Å². The van der Waals surface area contributed by atoms with E-state index in [1.807, 2.05) is 13.0 Å². The van der Waals surface area contributed by atoms with Crippen molar-refractivity contribution in [2.45, 2.75) is 13.0 Å². The summed E-state index contributed by atoms with van der Waals surface area (Å²) in [6, 6.07) is 18.0. The van der Waals surface area contributed by atoms with E-state index in [9.17, 15) is 19.1 Å². The Balaban J connectivity index is 1.69. The van der Waals surface area contributed by atoms with Crippen LogP contribution in [0.2, 0.25) is 5.02 Å². The molecule has 0 fully saturated rings. The van der Waals surface area contributed by atoms with Crippen LogP contribution in [-0.4, -0.2) is 16.8 Å². The lowest BCUT2D eigenvalue weighted by molar-refractivity contribution is -0.117. The van der Waals surface area contributed by atoms with Crippen LogP contribution >= 0.6 is 11.6 Å². The SMILES string of the molecule is Cc1cccc(N2C(=O)C(O)=C(C(=O)c3cc4cc(Cl)ccc4o3)C2c2ccccc2F)c1. The van der Waals surface area contributed by atoms with Crippen molar-refractivity contribution in [3.05, 3.63) is 112 Å². The van der Waals surface area contributed by atoms with Gasteiger partial charge in [0, 0.05) is 21.7 Å². The molecule has 1 atom stereocenters. The molecule has 1 amide bonds. The van der Waals surface area contributed by atoms with Gasteiger partial charge in [0.2, 0.25) is 5.78 Å². The van der Waals surface area contributed by atoms with E-state index in [0.29, 0.717) is 21.7 Å². The number of fused-ring (bicyclic) bond motifs is 1. The van der Waals surface area contributed by atoms with Crippen LogP contribution in [0.1, 0.15) is 27.7 Å². The van der Waals surface area contributed by atoms with Gasteiger partial charge in [-0.1, -0.05) is 41.9 Å². The lowest BCUT2D eigenvalue weighted by Gasteiger charge is -2.27. The second-order valence-electron chi connectivity index (χ2n) is 7.82. The smallest absolute Gasteiger partial charge is 0.294 e. The zero-order valence-electron chi connectivity index (χ0n) is 17.4. The third kappa shape index (κ3) is 3.49. The molecule has 164 valence electrons. The molecule has 33 heavy (non-hydrogen) atoms. The number of carbonyl (C=O) groups excluding carboxylic acids is 2. The normalized spacial score (nSPS) is 16.2. The van der Waals surface area contributed by atoms with Gasteiger partial charge < -0.3 is 9.52 Å². The van der Waals surface area contributed by atoms with Gasteiger partial charge >= 0.3 is 0 Å². The van der Waals surface area contributed by atoms with E-state index in [4.69, 9.17) is 16.0 Å². The zero-order chi connectivity index (χ0) is 23.3. The minimum absolute atomic E-state index is 0.0823. The van der Waals surface area contributed by atoms with Gasteiger partial charge in [0.25, 0.3) is 5.91 Å². The highest BCUT2D eigenvalue weighted by atomic mass is 35.5. The topological polar surface area (TPSA) is 70.8 Å². The van der Waals surface area contributed by atoms with E-state index in [-0.39, 0.29) is 16.9 Å². The first-order valence-corrected chi connectivity index (χ1v) is 10.5. The van der Waals surface area contributed by atoms with Crippen LogP contribution in [0.3, 0.4) is 0 Å². The van der Waals surface area contributed by atoms with Crippen molar-refractivity contribution in [3.8, 4) is 0 Å². The van der Waals surface area contributed by atoms with Crippen molar-refractivity contribution in [1.82, 2.24) is 0 Å². The van der Waals surface area contributed by atoms with Crippen molar-refractivity contribution in [3.63, 3.8) is 0 Å². The minimum atomic E-state index is -1.18. The number of hydrogen-bond donors (Lipinski definition) is 1. The minimum Gasteiger partial charge on any atom is -0.503 e. The van der Waals surface area contributed by atoms with Gasteiger partial charge in [-0.05, 0) is 55.0 Å². The molecule has 4 aromatic rings. The van der Waals surface area contributed by atoms with E-state index in [1.165, 1.54) is 29.2 Å². The Labute approximate surface area is 193 Å². The van der Waals surface area contributed by atoms with Gasteiger partial charge in [-0.25, -0.2) is 4.39 Å². The molecule has 2 heterocycles. The maximum absolute atomic E-state index is 14.9. The maximum Gasteiger partial charge on any atom is 0.294 e. The molecule has 0 spiro atoms. The summed E-state index contributed by atoms with van der Waals surface area (Å²) in [5.41, 5.74) is 1.54. The number of benzene rings is 3. The number of furan rings is 1. The molecule has 3 aromatic carbocycles. The molecule has 0 saturated carbocycles. The van der Waals surface area contributed by atoms with E-state index < -0.39 is 29.3 Å². The molecule has 1 aliphatic heterocycles. The first kappa shape index (κ1) is 21.0. The number of carbonyl (C=O) groups is 2. The maximum atomic E-state index is 14.9. The van der Waals surface area contributed by atoms with E-state index in [0.717, 1.165) is 5.56 Å². The average Bonchev–Trinajstić information content (AvgIpc) is 3.32. The molecular weight excluding hydrogens is 445 g/mol. The van der Waals surface area contributed by atoms with Gasteiger partial charge in [0.1, 0.15) is 11.4 Å². The van der Waals surface area contributed by atoms with Gasteiger partial charge in [0.15, 0.2) is 11.5 Å². The number of aryl methyl sites for hydroxylation is 1. The Morgan fingerprint density at radius 1 is 1.06 bits per heavy atom. The summed E-state index contributed by atoms with van der Waals surface area (Å²) >= 11 is 6.03. The van der Waals surface area contributed by atoms with Crippen molar-refractivity contribution in [2.24, 2.45) is 0 Å². The van der Waals surface area contributed by atoms with Gasteiger partial charge in [-0.2, -0.15) is 0 Å². The molecule has 0 bridgehead atoms. The number of halogens is 2. The van der Waals surface area contributed by atoms with Gasteiger partial charge in [0.05, 0.1) is 11.6 Å². The molecule has 1 aliphatic rings. The number of ketones is 1. The number of nitrogens with zero attached hydrogens (tertiary/aromatic N) is 1. The number of aliphatic hydroxyl groups excluding tert-OH is 1. The molecule has 0 saturated heterocycles. The number of rotatable bonds is 4. The quantitative estimate of drug-likeness (QED) is 0.361. The van der Waals surface area contributed by atoms with Gasteiger partial charge in [-0.3, -0.25) is 14.5 Å². The van der Waals surface area contributed by atoms with E-state index in [2.05, 4.69) is 0 Å². The van der Waals surface area contributed by atoms with Crippen LogP contribution < -0.4 is 4.90 Å². The molecule has 1 unspecified atom stereocenters. The Hall–Kier alpha value is -3.90. The number of hydrogen-bond acceptors (Lipinski definition) is 4. The lowest BCUT2D eigenvalue weighted by atomic mass is 9.94. The fourth-order valence-corrected chi connectivity index (χ4v) is 4.31. The first-order chi connectivity index (χ1) is 15.8. The summed E-state index contributed by atoms with van der Waals surface area (Å²) in [6.45, 7) is 1.85. The number of anilines is 1. The largest absolute Gasteiger partial charge is 0.503 e. The highest BCUT2D eigenvalue weighted by Gasteiger charge is 2.46. The number of aliphatic hydroxyl groups is 1.